The van der Waals surface area contributed by atoms with Gasteiger partial charge in [-0.3, -0.25) is 15.1 Å². The first-order valence-corrected chi connectivity index (χ1v) is 4.26. The first-order chi connectivity index (χ1) is 6.07. The summed E-state index contributed by atoms with van der Waals surface area (Å²) in [5.74, 6) is 0.201. The van der Waals surface area contributed by atoms with Crippen LogP contribution in [0.1, 0.15) is 16.8 Å². The fraction of sp³-hybridized carbons (Fsp3) is 0.375. The highest BCUT2D eigenvalue weighted by Gasteiger charge is 2.17. The van der Waals surface area contributed by atoms with Gasteiger partial charge in [0.2, 0.25) is 0 Å². The van der Waals surface area contributed by atoms with Crippen LogP contribution < -0.4 is 0 Å². The van der Waals surface area contributed by atoms with Crippen LogP contribution in [0.3, 0.4) is 0 Å². The topological polar surface area (TPSA) is 56.0 Å². The third-order valence-electron chi connectivity index (χ3n) is 1.88. The molecule has 6 heteroatoms. The minimum Gasteiger partial charge on any atom is -0.259 e. The lowest BCUT2D eigenvalue weighted by molar-refractivity contribution is -0.386. The predicted molar refractivity (Wildman–Crippen MR) is 57.2 cm³/mol. The molecule has 0 atom stereocenters. The number of hydrogen-bond donors (Lipinski definition) is 0. The van der Waals surface area contributed by atoms with E-state index in [0.717, 1.165) is 0 Å². The van der Waals surface area contributed by atoms with Gasteiger partial charge in [0, 0.05) is 17.3 Å². The van der Waals surface area contributed by atoms with Crippen LogP contribution in [0.5, 0.6) is 0 Å². The molecule has 0 saturated carbocycles. The minimum absolute atomic E-state index is 0. The summed E-state index contributed by atoms with van der Waals surface area (Å²) in [5, 5.41) is 10.6. The molecule has 1 aromatic heterocycles. The number of nitrogens with zero attached hydrogens (tertiary/aromatic N) is 2. The second-order valence-electron chi connectivity index (χ2n) is 2.75. The molecule has 0 N–H and O–H groups in total. The van der Waals surface area contributed by atoms with Crippen LogP contribution in [0, 0.1) is 24.0 Å². The summed E-state index contributed by atoms with van der Waals surface area (Å²) in [6, 6.07) is 0. The maximum Gasteiger partial charge on any atom is 0.278 e. The molecule has 0 aromatic carbocycles. The quantitative estimate of drug-likeness (QED) is 0.451. The summed E-state index contributed by atoms with van der Waals surface area (Å²) < 4.78 is 0. The predicted octanol–water partition coefficient (Wildman–Crippen LogP) is 2.77. The minimum atomic E-state index is -0.400. The van der Waals surface area contributed by atoms with Gasteiger partial charge in [-0.15, -0.1) is 24.0 Å². The van der Waals surface area contributed by atoms with E-state index in [-0.39, 0.29) is 24.0 Å². The van der Waals surface area contributed by atoms with Crippen molar-refractivity contribution in [3.63, 3.8) is 0 Å². The molecule has 14 heavy (non-hydrogen) atoms. The van der Waals surface area contributed by atoms with Gasteiger partial charge in [-0.1, -0.05) is 0 Å². The molecular formula is C8H10Cl2N2O2. The lowest BCUT2D eigenvalue weighted by Crippen LogP contribution is -2.00. The molecule has 0 radical (unpaired) electrons. The Bertz CT molecular complexity index is 355. The van der Waals surface area contributed by atoms with Gasteiger partial charge >= 0.3 is 0 Å². The van der Waals surface area contributed by atoms with Gasteiger partial charge in [-0.2, -0.15) is 0 Å². The molecule has 0 spiro atoms. The van der Waals surface area contributed by atoms with Gasteiger partial charge in [0.05, 0.1) is 16.5 Å². The normalized spacial score (nSPS) is 9.36. The Labute approximate surface area is 92.9 Å². The number of alkyl halides is 1. The van der Waals surface area contributed by atoms with Crippen LogP contribution in [0.2, 0.25) is 0 Å². The smallest absolute Gasteiger partial charge is 0.259 e. The van der Waals surface area contributed by atoms with E-state index in [2.05, 4.69) is 4.98 Å². The molecule has 0 bridgehead atoms. The van der Waals surface area contributed by atoms with Crippen molar-refractivity contribution in [3.8, 4) is 0 Å². The fourth-order valence-electron chi connectivity index (χ4n) is 1.18. The highest BCUT2D eigenvalue weighted by molar-refractivity contribution is 6.17. The number of pyridine rings is 1. The lowest BCUT2D eigenvalue weighted by Gasteiger charge is -2.03. The van der Waals surface area contributed by atoms with Gasteiger partial charge < -0.3 is 0 Å². The lowest BCUT2D eigenvalue weighted by atomic mass is 10.1. The summed E-state index contributed by atoms with van der Waals surface area (Å²) in [6.45, 7) is 3.33. The van der Waals surface area contributed by atoms with Gasteiger partial charge in [0.15, 0.2) is 0 Å². The zero-order valence-electron chi connectivity index (χ0n) is 7.78. The summed E-state index contributed by atoms with van der Waals surface area (Å²) in [7, 11) is 0. The van der Waals surface area contributed by atoms with Crippen LogP contribution in [-0.2, 0) is 5.88 Å². The second-order valence-corrected chi connectivity index (χ2v) is 3.02. The van der Waals surface area contributed by atoms with Gasteiger partial charge in [0.25, 0.3) is 5.69 Å². The average molecular weight is 237 g/mol. The molecule has 0 aliphatic carbocycles. The third-order valence-corrected chi connectivity index (χ3v) is 2.14. The molecule has 4 nitrogen and oxygen atoms in total. The van der Waals surface area contributed by atoms with Crippen LogP contribution in [0.4, 0.5) is 5.69 Å². The van der Waals surface area contributed by atoms with Gasteiger partial charge in [-0.05, 0) is 13.8 Å². The van der Waals surface area contributed by atoms with Gasteiger partial charge in [0.1, 0.15) is 0 Å². The second kappa shape index (κ2) is 5.12. The molecular weight excluding hydrogens is 227 g/mol. The van der Waals surface area contributed by atoms with Crippen molar-refractivity contribution in [1.82, 2.24) is 4.98 Å². The summed E-state index contributed by atoms with van der Waals surface area (Å²) >= 11 is 5.58. The molecule has 1 heterocycles. The standard InChI is InChI=1S/C8H9ClN2O2.ClH/c1-5-4-10-7(3-9)6(2)8(5)11(12)13;/h4H,3H2,1-2H3;1H. The average Bonchev–Trinajstić information content (AvgIpc) is 2.04. The Balaban J connectivity index is 0.00000169. The molecule has 0 unspecified atom stereocenters. The molecule has 0 fully saturated rings. The summed E-state index contributed by atoms with van der Waals surface area (Å²) in [5.41, 5.74) is 1.81. The van der Waals surface area contributed by atoms with E-state index in [1.165, 1.54) is 6.20 Å². The van der Waals surface area contributed by atoms with Crippen molar-refractivity contribution in [1.29, 1.82) is 0 Å². The SMILES string of the molecule is Cc1cnc(CCl)c(C)c1[N+](=O)[O-].Cl. The fourth-order valence-corrected chi connectivity index (χ4v) is 1.45. The van der Waals surface area contributed by atoms with Gasteiger partial charge in [-0.25, -0.2) is 0 Å². The van der Waals surface area contributed by atoms with Crippen molar-refractivity contribution in [3.05, 3.63) is 33.1 Å². The van der Waals surface area contributed by atoms with E-state index >= 15 is 0 Å². The zero-order chi connectivity index (χ0) is 10.0. The van der Waals surface area contributed by atoms with E-state index in [4.69, 9.17) is 11.6 Å². The number of hydrogen-bond acceptors (Lipinski definition) is 3. The highest BCUT2D eigenvalue weighted by Crippen LogP contribution is 2.24. The van der Waals surface area contributed by atoms with E-state index in [0.29, 0.717) is 16.8 Å². The number of aromatic nitrogens is 1. The van der Waals surface area contributed by atoms with Crippen LogP contribution in [-0.4, -0.2) is 9.91 Å². The number of aryl methyl sites for hydroxylation is 1. The van der Waals surface area contributed by atoms with Crippen LogP contribution >= 0.6 is 24.0 Å². The Morgan fingerprint density at radius 2 is 2.14 bits per heavy atom. The van der Waals surface area contributed by atoms with E-state index < -0.39 is 4.92 Å². The number of rotatable bonds is 2. The van der Waals surface area contributed by atoms with Crippen molar-refractivity contribution >= 4 is 29.7 Å². The Kier molecular flexibility index (Phi) is 4.80. The number of halogens is 2. The maximum absolute atomic E-state index is 10.6. The number of nitro groups is 1. The summed E-state index contributed by atoms with van der Waals surface area (Å²) in [6.07, 6.45) is 1.48. The Morgan fingerprint density at radius 1 is 1.57 bits per heavy atom. The Morgan fingerprint density at radius 3 is 2.57 bits per heavy atom. The molecule has 0 amide bonds. The molecule has 0 aliphatic rings. The largest absolute Gasteiger partial charge is 0.278 e. The highest BCUT2D eigenvalue weighted by atomic mass is 35.5. The molecule has 0 aliphatic heterocycles. The summed E-state index contributed by atoms with van der Waals surface area (Å²) in [4.78, 5) is 14.2. The van der Waals surface area contributed by atoms with E-state index in [9.17, 15) is 10.1 Å². The maximum atomic E-state index is 10.6. The van der Waals surface area contributed by atoms with Crippen LogP contribution in [0.25, 0.3) is 0 Å². The van der Waals surface area contributed by atoms with Crippen LogP contribution in [0.15, 0.2) is 6.20 Å². The molecule has 1 aromatic rings. The van der Waals surface area contributed by atoms with E-state index in [1.807, 2.05) is 0 Å². The molecule has 78 valence electrons. The van der Waals surface area contributed by atoms with Crippen molar-refractivity contribution in [2.45, 2.75) is 19.7 Å². The van der Waals surface area contributed by atoms with E-state index in [1.54, 1.807) is 13.8 Å². The van der Waals surface area contributed by atoms with Crippen molar-refractivity contribution in [2.24, 2.45) is 0 Å². The first-order valence-electron chi connectivity index (χ1n) is 3.73. The van der Waals surface area contributed by atoms with Crippen molar-refractivity contribution in [2.75, 3.05) is 0 Å². The first kappa shape index (κ1) is 13.1. The third kappa shape index (κ3) is 2.33. The molecule has 0 saturated heterocycles. The zero-order valence-corrected chi connectivity index (χ0v) is 9.35. The Hall–Kier alpha value is -0.870. The monoisotopic (exact) mass is 236 g/mol. The molecule has 1 rings (SSSR count). The van der Waals surface area contributed by atoms with Crippen molar-refractivity contribution < 1.29 is 4.92 Å².